The summed E-state index contributed by atoms with van der Waals surface area (Å²) in [5.74, 6) is -0.215. The molecule has 1 aromatic heterocycles. The average Bonchev–Trinajstić information content (AvgIpc) is 2.72. The van der Waals surface area contributed by atoms with E-state index < -0.39 is 11.6 Å². The minimum atomic E-state index is -1.18. The molecule has 2 aromatic carbocycles. The molecule has 0 fully saturated rings. The Morgan fingerprint density at radius 2 is 1.72 bits per heavy atom. The summed E-state index contributed by atoms with van der Waals surface area (Å²) >= 11 is 0. The van der Waals surface area contributed by atoms with E-state index in [-0.39, 0.29) is 12.2 Å². The number of carbonyl (C=O) groups excluding carboxylic acids is 1. The zero-order valence-electron chi connectivity index (χ0n) is 16.5. The van der Waals surface area contributed by atoms with Crippen LogP contribution in [0.25, 0.3) is 27.4 Å². The fourth-order valence-electron chi connectivity index (χ4n) is 3.95. The summed E-state index contributed by atoms with van der Waals surface area (Å²) in [6.45, 7) is 1.65. The summed E-state index contributed by atoms with van der Waals surface area (Å²) in [5, 5.41) is 2.04. The molecule has 148 valence electrons. The monoisotopic (exact) mass is 388 g/mol. The molecule has 5 N–H and O–H groups in total. The van der Waals surface area contributed by atoms with E-state index in [1.807, 2.05) is 54.6 Å². The first-order valence-corrected chi connectivity index (χ1v) is 9.52. The smallest absolute Gasteiger partial charge is 0.173 e. The molecular formula is C23H24N4O2. The minimum absolute atomic E-state index is 0.215. The number of carbonyl (C=O) groups is 1. The molecule has 0 radical (unpaired) electrons. The lowest BCUT2D eigenvalue weighted by Crippen LogP contribution is -2.54. The number of benzene rings is 2. The van der Waals surface area contributed by atoms with E-state index in [1.165, 1.54) is 7.11 Å². The predicted octanol–water partition coefficient (Wildman–Crippen LogP) is 2.82. The predicted molar refractivity (Wildman–Crippen MR) is 116 cm³/mol. The molecule has 0 amide bonds. The van der Waals surface area contributed by atoms with Crippen molar-refractivity contribution in [1.82, 2.24) is 10.5 Å². The molecule has 0 saturated heterocycles. The lowest BCUT2D eigenvalue weighted by Gasteiger charge is -2.32. The molecule has 1 aliphatic rings. The quantitative estimate of drug-likeness (QED) is 0.459. The van der Waals surface area contributed by atoms with Crippen LogP contribution in [-0.2, 0) is 9.63 Å². The second-order valence-electron chi connectivity index (χ2n) is 7.42. The van der Waals surface area contributed by atoms with E-state index in [0.717, 1.165) is 38.6 Å². The topological polar surface area (TPSA) is 103 Å². The second kappa shape index (κ2) is 7.40. The van der Waals surface area contributed by atoms with Gasteiger partial charge in [-0.05, 0) is 19.1 Å². The van der Waals surface area contributed by atoms with Gasteiger partial charge < -0.3 is 11.5 Å². The van der Waals surface area contributed by atoms with E-state index >= 15 is 0 Å². The number of allylic oxidation sites excluding steroid dienone is 2. The van der Waals surface area contributed by atoms with Gasteiger partial charge in [0.1, 0.15) is 5.54 Å². The Morgan fingerprint density at radius 1 is 1.14 bits per heavy atom. The number of fused-ring (bicyclic) bond motifs is 2. The van der Waals surface area contributed by atoms with Gasteiger partial charge in [0.2, 0.25) is 0 Å². The molecule has 29 heavy (non-hydrogen) atoms. The summed E-state index contributed by atoms with van der Waals surface area (Å²) in [6.07, 6.45) is 3.90. The Balaban J connectivity index is 1.98. The highest BCUT2D eigenvalue weighted by Gasteiger charge is 2.37. The zero-order chi connectivity index (χ0) is 20.6. The maximum absolute atomic E-state index is 12.6. The fraction of sp³-hybridized carbons (Fsp3) is 0.217. The van der Waals surface area contributed by atoms with Gasteiger partial charge in [-0.2, -0.15) is 0 Å². The highest BCUT2D eigenvalue weighted by atomic mass is 16.6. The third-order valence-electron chi connectivity index (χ3n) is 5.30. The van der Waals surface area contributed by atoms with Crippen molar-refractivity contribution in [3.63, 3.8) is 0 Å². The largest absolute Gasteiger partial charge is 0.322 e. The lowest BCUT2D eigenvalue weighted by molar-refractivity contribution is -0.123. The number of pyridine rings is 1. The Labute approximate surface area is 169 Å². The van der Waals surface area contributed by atoms with Crippen LogP contribution in [0.3, 0.4) is 0 Å². The number of rotatable bonds is 5. The van der Waals surface area contributed by atoms with Crippen LogP contribution in [-0.4, -0.2) is 29.5 Å². The molecule has 6 nitrogen and oxygen atoms in total. The molecule has 1 aliphatic carbocycles. The molecule has 6 heteroatoms. The van der Waals surface area contributed by atoms with Gasteiger partial charge in [-0.25, -0.2) is 4.98 Å². The Hall–Kier alpha value is -3.06. The number of nitrogens with zero attached hydrogens (tertiary/aromatic N) is 1. The van der Waals surface area contributed by atoms with Crippen LogP contribution in [0.5, 0.6) is 0 Å². The highest BCUT2D eigenvalue weighted by Crippen LogP contribution is 2.38. The van der Waals surface area contributed by atoms with Crippen molar-refractivity contribution in [3.8, 4) is 0 Å². The number of hydroxylamine groups is 1. The summed E-state index contributed by atoms with van der Waals surface area (Å²) in [6, 6.07) is 15.4. The van der Waals surface area contributed by atoms with Crippen molar-refractivity contribution in [3.05, 3.63) is 71.9 Å². The molecular weight excluding hydrogens is 364 g/mol. The number of ketones is 1. The molecule has 0 spiro atoms. The molecule has 0 saturated carbocycles. The van der Waals surface area contributed by atoms with Crippen LogP contribution >= 0.6 is 0 Å². The summed E-state index contributed by atoms with van der Waals surface area (Å²) < 4.78 is 0. The molecule has 0 aliphatic heterocycles. The Bertz CT molecular complexity index is 1110. The normalized spacial score (nSPS) is 20.3. The molecule has 4 rings (SSSR count). The van der Waals surface area contributed by atoms with Crippen molar-refractivity contribution in [2.75, 3.05) is 7.11 Å². The Kier molecular flexibility index (Phi) is 4.92. The van der Waals surface area contributed by atoms with Crippen molar-refractivity contribution in [1.29, 1.82) is 0 Å². The van der Waals surface area contributed by atoms with Crippen molar-refractivity contribution in [2.24, 2.45) is 11.5 Å². The van der Waals surface area contributed by atoms with Gasteiger partial charge in [0, 0.05) is 34.0 Å². The van der Waals surface area contributed by atoms with E-state index in [2.05, 4.69) is 5.48 Å². The van der Waals surface area contributed by atoms with Crippen molar-refractivity contribution in [2.45, 2.75) is 24.9 Å². The number of nitrogens with one attached hydrogen (secondary N) is 1. The van der Waals surface area contributed by atoms with Crippen LogP contribution in [0.15, 0.2) is 66.4 Å². The molecule has 0 bridgehead atoms. The Morgan fingerprint density at radius 3 is 2.28 bits per heavy atom. The van der Waals surface area contributed by atoms with E-state index in [4.69, 9.17) is 21.3 Å². The third kappa shape index (κ3) is 3.31. The van der Waals surface area contributed by atoms with E-state index in [9.17, 15) is 4.79 Å². The number of hydrogen-bond donors (Lipinski definition) is 3. The fourth-order valence-corrected chi connectivity index (χ4v) is 3.95. The molecule has 2 atom stereocenters. The summed E-state index contributed by atoms with van der Waals surface area (Å²) in [7, 11) is 1.54. The molecule has 3 aromatic rings. The number of Topliss-reactive ketones (excluding diaryl/α,β-unsaturated/α-hetero) is 1. The first-order valence-electron chi connectivity index (χ1n) is 9.52. The molecule has 1 heterocycles. The molecule has 1 unspecified atom stereocenters. The van der Waals surface area contributed by atoms with E-state index in [0.29, 0.717) is 0 Å². The number of para-hydroxylation sites is 2. The number of nitrogens with two attached hydrogens (primary N) is 2. The van der Waals surface area contributed by atoms with Crippen LogP contribution in [0.4, 0.5) is 0 Å². The zero-order valence-corrected chi connectivity index (χ0v) is 16.5. The van der Waals surface area contributed by atoms with Crippen molar-refractivity contribution >= 4 is 33.2 Å². The van der Waals surface area contributed by atoms with Gasteiger partial charge >= 0.3 is 0 Å². The second-order valence-corrected chi connectivity index (χ2v) is 7.42. The minimum Gasteiger partial charge on any atom is -0.322 e. The first-order chi connectivity index (χ1) is 13.9. The maximum Gasteiger partial charge on any atom is 0.173 e. The van der Waals surface area contributed by atoms with Gasteiger partial charge in [0.15, 0.2) is 5.78 Å². The van der Waals surface area contributed by atoms with Gasteiger partial charge in [0.25, 0.3) is 0 Å². The van der Waals surface area contributed by atoms with Crippen LogP contribution < -0.4 is 16.9 Å². The average molecular weight is 388 g/mol. The van der Waals surface area contributed by atoms with Crippen LogP contribution in [0.2, 0.25) is 0 Å². The first kappa shape index (κ1) is 19.3. The summed E-state index contributed by atoms with van der Waals surface area (Å²) in [5.41, 5.74) is 18.5. The third-order valence-corrected chi connectivity index (χ3v) is 5.30. The van der Waals surface area contributed by atoms with E-state index in [1.54, 1.807) is 13.0 Å². The SMILES string of the molecule is CONC1=C(c2c3ccccc3nc3ccccc23)C=CC(N)(C(=O)[C@H](C)N)C1. The van der Waals surface area contributed by atoms with Crippen molar-refractivity contribution < 1.29 is 9.63 Å². The highest BCUT2D eigenvalue weighted by molar-refractivity contribution is 6.08. The standard InChI is InChI=1S/C23H24N4O2/c1-14(24)22(28)23(25)12-11-17(20(13-23)27-29-2)21-15-7-3-5-9-18(15)26-19-10-6-4-8-16(19)21/h3-12,14,27H,13,24-25H2,1-2H3/t14-,23?/m0/s1. The maximum atomic E-state index is 12.6. The van der Waals surface area contributed by atoms with Gasteiger partial charge in [0.05, 0.1) is 24.2 Å². The van der Waals surface area contributed by atoms with Gasteiger partial charge in [-0.3, -0.25) is 15.1 Å². The lowest BCUT2D eigenvalue weighted by atomic mass is 9.79. The number of aromatic nitrogens is 1. The van der Waals surface area contributed by atoms with Gasteiger partial charge in [-0.1, -0.05) is 48.6 Å². The van der Waals surface area contributed by atoms with Crippen LogP contribution in [0, 0.1) is 0 Å². The summed E-state index contributed by atoms with van der Waals surface area (Å²) in [4.78, 5) is 22.7. The van der Waals surface area contributed by atoms with Gasteiger partial charge in [-0.15, -0.1) is 0 Å². The number of hydrogen-bond acceptors (Lipinski definition) is 6. The van der Waals surface area contributed by atoms with Crippen LogP contribution in [0.1, 0.15) is 18.9 Å².